The van der Waals surface area contributed by atoms with E-state index in [9.17, 15) is 4.79 Å². The van der Waals surface area contributed by atoms with Crippen molar-refractivity contribution in [1.82, 2.24) is 14.9 Å². The van der Waals surface area contributed by atoms with Gasteiger partial charge in [-0.15, -0.1) is 0 Å². The van der Waals surface area contributed by atoms with Crippen LogP contribution in [-0.2, 0) is 22.5 Å². The topological polar surface area (TPSA) is 56.1 Å². The smallest absolute Gasteiger partial charge is 0.223 e. The summed E-state index contributed by atoms with van der Waals surface area (Å²) in [5.74, 6) is 1.49. The summed E-state index contributed by atoms with van der Waals surface area (Å²) in [6, 6.07) is 0. The first-order valence-electron chi connectivity index (χ1n) is 6.50. The Balaban J connectivity index is 1.82. The summed E-state index contributed by atoms with van der Waals surface area (Å²) in [6.45, 7) is 4.20. The van der Waals surface area contributed by atoms with Gasteiger partial charge in [-0.1, -0.05) is 0 Å². The number of carbonyl (C=O) groups excluding carboxylic acids is 1. The standard InChI is InChI=1S/C13H21N3O2/c1-10-9-15-12(16(10)7-8-18-2)5-6-14-13(17)11-3-4-11/h9,11H,3-8H2,1-2H3,(H,14,17). The van der Waals surface area contributed by atoms with Gasteiger partial charge in [-0.25, -0.2) is 4.98 Å². The molecule has 5 nitrogen and oxygen atoms in total. The molecule has 1 aromatic rings. The molecule has 18 heavy (non-hydrogen) atoms. The second kappa shape index (κ2) is 6.00. The van der Waals surface area contributed by atoms with Gasteiger partial charge in [0.1, 0.15) is 5.82 Å². The van der Waals surface area contributed by atoms with E-state index in [4.69, 9.17) is 4.74 Å². The molecule has 1 aliphatic rings. The SMILES string of the molecule is COCCn1c(C)cnc1CCNC(=O)C1CC1. The van der Waals surface area contributed by atoms with Gasteiger partial charge < -0.3 is 14.6 Å². The highest BCUT2D eigenvalue weighted by molar-refractivity contribution is 5.80. The minimum absolute atomic E-state index is 0.196. The number of carbonyl (C=O) groups is 1. The molecule has 1 N–H and O–H groups in total. The van der Waals surface area contributed by atoms with Crippen LogP contribution in [0.2, 0.25) is 0 Å². The molecule has 1 saturated carbocycles. The second-order valence-electron chi connectivity index (χ2n) is 4.78. The maximum atomic E-state index is 11.5. The summed E-state index contributed by atoms with van der Waals surface area (Å²) in [6.07, 6.45) is 4.74. The van der Waals surface area contributed by atoms with Crippen molar-refractivity contribution < 1.29 is 9.53 Å². The minimum atomic E-state index is 0.196. The van der Waals surface area contributed by atoms with Gasteiger partial charge in [0.05, 0.1) is 6.61 Å². The molecule has 0 aliphatic heterocycles. The van der Waals surface area contributed by atoms with Crippen molar-refractivity contribution in [2.45, 2.75) is 32.7 Å². The predicted molar refractivity (Wildman–Crippen MR) is 68.3 cm³/mol. The number of rotatable bonds is 7. The van der Waals surface area contributed by atoms with E-state index >= 15 is 0 Å². The third-order valence-corrected chi connectivity index (χ3v) is 3.25. The maximum Gasteiger partial charge on any atom is 0.223 e. The van der Waals surface area contributed by atoms with Gasteiger partial charge >= 0.3 is 0 Å². The molecule has 0 aromatic carbocycles. The lowest BCUT2D eigenvalue weighted by Gasteiger charge is -2.10. The van der Waals surface area contributed by atoms with Crippen molar-refractivity contribution in [3.05, 3.63) is 17.7 Å². The fraction of sp³-hybridized carbons (Fsp3) is 0.692. The Morgan fingerprint density at radius 1 is 1.61 bits per heavy atom. The average molecular weight is 251 g/mol. The molecule has 5 heteroatoms. The Hall–Kier alpha value is -1.36. The number of hydrogen-bond acceptors (Lipinski definition) is 3. The van der Waals surface area contributed by atoms with E-state index in [0.717, 1.165) is 37.3 Å². The van der Waals surface area contributed by atoms with E-state index in [1.165, 1.54) is 0 Å². The number of aromatic nitrogens is 2. The van der Waals surface area contributed by atoms with Gasteiger partial charge in [-0.3, -0.25) is 4.79 Å². The quantitative estimate of drug-likeness (QED) is 0.783. The lowest BCUT2D eigenvalue weighted by atomic mass is 10.3. The molecule has 0 radical (unpaired) electrons. The van der Waals surface area contributed by atoms with E-state index in [1.54, 1.807) is 7.11 Å². The first-order chi connectivity index (χ1) is 8.72. The molecule has 0 spiro atoms. The summed E-state index contributed by atoms with van der Waals surface area (Å²) >= 11 is 0. The van der Waals surface area contributed by atoms with E-state index < -0.39 is 0 Å². The molecule has 1 amide bonds. The molecule has 1 heterocycles. The summed E-state index contributed by atoms with van der Waals surface area (Å²) in [5.41, 5.74) is 1.13. The molecule has 1 aliphatic carbocycles. The number of imidazole rings is 1. The van der Waals surface area contributed by atoms with Crippen LogP contribution in [0.5, 0.6) is 0 Å². The van der Waals surface area contributed by atoms with E-state index in [-0.39, 0.29) is 11.8 Å². The molecule has 0 bridgehead atoms. The first kappa shape index (κ1) is 13.1. The molecule has 2 rings (SSSR count). The van der Waals surface area contributed by atoms with Gasteiger partial charge in [0.15, 0.2) is 0 Å². The largest absolute Gasteiger partial charge is 0.383 e. The van der Waals surface area contributed by atoms with E-state index in [1.807, 2.05) is 13.1 Å². The lowest BCUT2D eigenvalue weighted by molar-refractivity contribution is -0.122. The number of nitrogens with zero attached hydrogens (tertiary/aromatic N) is 2. The summed E-state index contributed by atoms with van der Waals surface area (Å²) in [4.78, 5) is 15.9. The number of ether oxygens (including phenoxy) is 1. The van der Waals surface area contributed by atoms with Gasteiger partial charge in [-0.05, 0) is 19.8 Å². The zero-order valence-corrected chi connectivity index (χ0v) is 11.1. The van der Waals surface area contributed by atoms with Crippen molar-refractivity contribution in [3.8, 4) is 0 Å². The number of aryl methyl sites for hydroxylation is 1. The average Bonchev–Trinajstić information content (AvgIpc) is 3.14. The Kier molecular flexibility index (Phi) is 4.36. The van der Waals surface area contributed by atoms with Crippen molar-refractivity contribution in [2.75, 3.05) is 20.3 Å². The maximum absolute atomic E-state index is 11.5. The van der Waals surface area contributed by atoms with Crippen LogP contribution in [0.3, 0.4) is 0 Å². The second-order valence-corrected chi connectivity index (χ2v) is 4.78. The van der Waals surface area contributed by atoms with Crippen LogP contribution >= 0.6 is 0 Å². The van der Waals surface area contributed by atoms with Crippen LogP contribution in [-0.4, -0.2) is 35.7 Å². The first-order valence-corrected chi connectivity index (χ1v) is 6.50. The fourth-order valence-corrected chi connectivity index (χ4v) is 1.99. The lowest BCUT2D eigenvalue weighted by Crippen LogP contribution is -2.27. The van der Waals surface area contributed by atoms with Gasteiger partial charge in [0.25, 0.3) is 0 Å². The Morgan fingerprint density at radius 2 is 2.39 bits per heavy atom. The Labute approximate surface area is 108 Å². The van der Waals surface area contributed by atoms with Crippen LogP contribution in [0.15, 0.2) is 6.20 Å². The fourth-order valence-electron chi connectivity index (χ4n) is 1.99. The molecule has 1 aromatic heterocycles. The predicted octanol–water partition coefficient (Wildman–Crippen LogP) is 0.907. The van der Waals surface area contributed by atoms with Gasteiger partial charge in [0, 0.05) is 44.4 Å². The normalized spacial score (nSPS) is 14.8. The number of hydrogen-bond donors (Lipinski definition) is 1. The molecular formula is C13H21N3O2. The van der Waals surface area contributed by atoms with Crippen LogP contribution in [0.4, 0.5) is 0 Å². The van der Waals surface area contributed by atoms with E-state index in [2.05, 4.69) is 14.9 Å². The van der Waals surface area contributed by atoms with Crippen LogP contribution in [0.25, 0.3) is 0 Å². The highest BCUT2D eigenvalue weighted by atomic mass is 16.5. The summed E-state index contributed by atoms with van der Waals surface area (Å²) < 4.78 is 7.23. The number of methoxy groups -OCH3 is 1. The summed E-state index contributed by atoms with van der Waals surface area (Å²) in [5, 5.41) is 2.96. The molecule has 0 saturated heterocycles. The van der Waals surface area contributed by atoms with E-state index in [0.29, 0.717) is 13.2 Å². The monoisotopic (exact) mass is 251 g/mol. The third-order valence-electron chi connectivity index (χ3n) is 3.25. The van der Waals surface area contributed by atoms with Crippen molar-refractivity contribution in [3.63, 3.8) is 0 Å². The zero-order chi connectivity index (χ0) is 13.0. The van der Waals surface area contributed by atoms with Crippen LogP contribution in [0.1, 0.15) is 24.4 Å². The molecule has 100 valence electrons. The highest BCUT2D eigenvalue weighted by Gasteiger charge is 2.29. The Bertz CT molecular complexity index is 410. The number of nitrogens with one attached hydrogen (secondary N) is 1. The molecule has 0 atom stereocenters. The summed E-state index contributed by atoms with van der Waals surface area (Å²) in [7, 11) is 1.70. The van der Waals surface area contributed by atoms with Crippen molar-refractivity contribution >= 4 is 5.91 Å². The van der Waals surface area contributed by atoms with Gasteiger partial charge in [-0.2, -0.15) is 0 Å². The van der Waals surface area contributed by atoms with Crippen molar-refractivity contribution in [1.29, 1.82) is 0 Å². The molecular weight excluding hydrogens is 230 g/mol. The highest BCUT2D eigenvalue weighted by Crippen LogP contribution is 2.28. The van der Waals surface area contributed by atoms with Crippen molar-refractivity contribution in [2.24, 2.45) is 5.92 Å². The van der Waals surface area contributed by atoms with Crippen LogP contribution < -0.4 is 5.32 Å². The molecule has 1 fully saturated rings. The zero-order valence-electron chi connectivity index (χ0n) is 11.1. The third kappa shape index (κ3) is 3.32. The van der Waals surface area contributed by atoms with Gasteiger partial charge in [0.2, 0.25) is 5.91 Å². The number of amides is 1. The molecule has 0 unspecified atom stereocenters. The minimum Gasteiger partial charge on any atom is -0.383 e. The van der Waals surface area contributed by atoms with Crippen LogP contribution in [0, 0.1) is 12.8 Å². The Morgan fingerprint density at radius 3 is 3.06 bits per heavy atom.